The minimum Gasteiger partial charge on any atom is -0.294 e. The Hall–Kier alpha value is -3.84. The van der Waals surface area contributed by atoms with Crippen molar-refractivity contribution < 1.29 is 18.0 Å². The SMILES string of the molecule is Cc1ccc2cc(N(C(=O)CCC(=O)c3ccc(-c4ccccc4)cc3)S(C)(=O)=O)ccc2n1. The third-order valence-corrected chi connectivity index (χ3v) is 6.56. The Morgan fingerprint density at radius 1 is 0.824 bits per heavy atom. The van der Waals surface area contributed by atoms with Crippen molar-refractivity contribution in [2.24, 2.45) is 0 Å². The number of sulfonamides is 1. The number of carbonyl (C=O) groups excluding carboxylic acids is 2. The van der Waals surface area contributed by atoms with Crippen LogP contribution >= 0.6 is 0 Å². The number of pyridine rings is 1. The first-order valence-corrected chi connectivity index (χ1v) is 12.7. The van der Waals surface area contributed by atoms with Crippen molar-refractivity contribution in [2.75, 3.05) is 10.6 Å². The summed E-state index contributed by atoms with van der Waals surface area (Å²) in [7, 11) is -3.89. The van der Waals surface area contributed by atoms with E-state index in [1.54, 1.807) is 30.3 Å². The lowest BCUT2D eigenvalue weighted by Gasteiger charge is -2.20. The standard InChI is InChI=1S/C27H24N2O4S/c1-19-8-9-23-18-24(14-15-25(23)28-19)29(34(2,32)33)27(31)17-16-26(30)22-12-10-21(11-13-22)20-6-4-3-5-7-20/h3-15,18H,16-17H2,1-2H3. The molecule has 0 spiro atoms. The first kappa shape index (κ1) is 23.3. The molecular weight excluding hydrogens is 448 g/mol. The van der Waals surface area contributed by atoms with Gasteiger partial charge in [-0.1, -0.05) is 60.7 Å². The molecule has 0 fully saturated rings. The van der Waals surface area contributed by atoms with Gasteiger partial charge in [0.2, 0.25) is 15.9 Å². The molecule has 0 bridgehead atoms. The van der Waals surface area contributed by atoms with Gasteiger partial charge in [0, 0.05) is 29.5 Å². The zero-order valence-electron chi connectivity index (χ0n) is 18.9. The van der Waals surface area contributed by atoms with Crippen LogP contribution in [0.4, 0.5) is 5.69 Å². The fourth-order valence-corrected chi connectivity index (χ4v) is 4.76. The van der Waals surface area contributed by atoms with Gasteiger partial charge in [-0.05, 0) is 42.3 Å². The molecule has 4 aromatic rings. The van der Waals surface area contributed by atoms with Gasteiger partial charge in [-0.15, -0.1) is 0 Å². The second-order valence-electron chi connectivity index (χ2n) is 8.12. The lowest BCUT2D eigenvalue weighted by Crippen LogP contribution is -2.36. The molecule has 0 aliphatic rings. The number of anilines is 1. The Bertz CT molecular complexity index is 1460. The summed E-state index contributed by atoms with van der Waals surface area (Å²) in [4.78, 5) is 30.0. The number of fused-ring (bicyclic) bond motifs is 1. The summed E-state index contributed by atoms with van der Waals surface area (Å²) >= 11 is 0. The van der Waals surface area contributed by atoms with E-state index in [2.05, 4.69) is 4.98 Å². The molecule has 0 radical (unpaired) electrons. The highest BCUT2D eigenvalue weighted by Gasteiger charge is 2.26. The first-order chi connectivity index (χ1) is 16.2. The maximum atomic E-state index is 12.9. The molecule has 4 rings (SSSR count). The molecule has 0 N–H and O–H groups in total. The number of aryl methyl sites for hydroxylation is 1. The number of nitrogens with zero attached hydrogens (tertiary/aromatic N) is 2. The maximum Gasteiger partial charge on any atom is 0.241 e. The number of hydrogen-bond acceptors (Lipinski definition) is 5. The number of benzene rings is 3. The lowest BCUT2D eigenvalue weighted by atomic mass is 10.0. The maximum absolute atomic E-state index is 12.9. The molecule has 1 amide bonds. The van der Waals surface area contributed by atoms with E-state index >= 15 is 0 Å². The van der Waals surface area contributed by atoms with Crippen LogP contribution in [0.1, 0.15) is 28.9 Å². The van der Waals surface area contributed by atoms with Crippen molar-refractivity contribution in [3.63, 3.8) is 0 Å². The van der Waals surface area contributed by atoms with E-state index in [0.29, 0.717) is 11.1 Å². The number of rotatable bonds is 7. The molecule has 172 valence electrons. The smallest absolute Gasteiger partial charge is 0.241 e. The largest absolute Gasteiger partial charge is 0.294 e. The molecule has 7 heteroatoms. The highest BCUT2D eigenvalue weighted by atomic mass is 32.2. The Morgan fingerprint density at radius 3 is 2.18 bits per heavy atom. The molecule has 3 aromatic carbocycles. The van der Waals surface area contributed by atoms with Crippen molar-refractivity contribution in [1.29, 1.82) is 0 Å². The Morgan fingerprint density at radius 2 is 1.50 bits per heavy atom. The quantitative estimate of drug-likeness (QED) is 0.347. The van der Waals surface area contributed by atoms with Crippen LogP contribution in [0.5, 0.6) is 0 Å². The van der Waals surface area contributed by atoms with Gasteiger partial charge in [0.15, 0.2) is 5.78 Å². The van der Waals surface area contributed by atoms with Gasteiger partial charge in [-0.25, -0.2) is 12.7 Å². The van der Waals surface area contributed by atoms with E-state index in [4.69, 9.17) is 0 Å². The summed E-state index contributed by atoms with van der Waals surface area (Å²) in [5.41, 5.74) is 4.28. The molecule has 1 aromatic heterocycles. The van der Waals surface area contributed by atoms with E-state index in [1.165, 1.54) is 0 Å². The molecule has 0 unspecified atom stereocenters. The van der Waals surface area contributed by atoms with Crippen LogP contribution in [0, 0.1) is 6.92 Å². The number of hydrogen-bond donors (Lipinski definition) is 0. The number of Topliss-reactive ketones (excluding diaryl/α,β-unsaturated/α-hetero) is 1. The second kappa shape index (κ2) is 9.57. The van der Waals surface area contributed by atoms with Crippen molar-refractivity contribution in [3.05, 3.63) is 96.2 Å². The third kappa shape index (κ3) is 5.21. The predicted octanol–water partition coefficient (Wildman–Crippen LogP) is 5.17. The van der Waals surface area contributed by atoms with Crippen LogP contribution in [-0.4, -0.2) is 31.3 Å². The summed E-state index contributed by atoms with van der Waals surface area (Å²) in [6, 6.07) is 25.5. The van der Waals surface area contributed by atoms with Gasteiger partial charge >= 0.3 is 0 Å². The highest BCUT2D eigenvalue weighted by molar-refractivity contribution is 7.92. The molecule has 0 saturated carbocycles. The lowest BCUT2D eigenvalue weighted by molar-refractivity contribution is -0.117. The van der Waals surface area contributed by atoms with Crippen molar-refractivity contribution >= 4 is 38.3 Å². The first-order valence-electron chi connectivity index (χ1n) is 10.8. The summed E-state index contributed by atoms with van der Waals surface area (Å²) in [5.74, 6) is -0.879. The van der Waals surface area contributed by atoms with Crippen LogP contribution in [0.15, 0.2) is 84.9 Å². The molecule has 34 heavy (non-hydrogen) atoms. The van der Waals surface area contributed by atoms with Crippen molar-refractivity contribution in [1.82, 2.24) is 4.98 Å². The number of aromatic nitrogens is 1. The zero-order chi connectivity index (χ0) is 24.3. The van der Waals surface area contributed by atoms with Crippen molar-refractivity contribution in [2.45, 2.75) is 19.8 Å². The van der Waals surface area contributed by atoms with E-state index in [9.17, 15) is 18.0 Å². The zero-order valence-corrected chi connectivity index (χ0v) is 19.7. The highest BCUT2D eigenvalue weighted by Crippen LogP contribution is 2.25. The summed E-state index contributed by atoms with van der Waals surface area (Å²) in [6.07, 6.45) is 0.660. The van der Waals surface area contributed by atoms with E-state index in [0.717, 1.165) is 32.8 Å². The van der Waals surface area contributed by atoms with Gasteiger partial charge in [0.25, 0.3) is 0 Å². The number of ketones is 1. The van der Waals surface area contributed by atoms with Gasteiger partial charge in [-0.3, -0.25) is 14.6 Å². The molecule has 6 nitrogen and oxygen atoms in total. The summed E-state index contributed by atoms with van der Waals surface area (Å²) in [6.45, 7) is 1.87. The van der Waals surface area contributed by atoms with Crippen LogP contribution in [0.2, 0.25) is 0 Å². The molecule has 0 atom stereocenters. The van der Waals surface area contributed by atoms with E-state index in [-0.39, 0.29) is 24.3 Å². The molecule has 0 saturated heterocycles. The monoisotopic (exact) mass is 472 g/mol. The number of carbonyl (C=O) groups is 2. The Kier molecular flexibility index (Phi) is 6.56. The normalized spacial score (nSPS) is 11.4. The Balaban J connectivity index is 1.49. The van der Waals surface area contributed by atoms with Gasteiger partial charge in [-0.2, -0.15) is 0 Å². The average molecular weight is 473 g/mol. The van der Waals surface area contributed by atoms with E-state index < -0.39 is 15.9 Å². The van der Waals surface area contributed by atoms with Gasteiger partial charge in [0.05, 0.1) is 17.5 Å². The van der Waals surface area contributed by atoms with Gasteiger partial charge < -0.3 is 0 Å². The second-order valence-corrected chi connectivity index (χ2v) is 9.95. The van der Waals surface area contributed by atoms with Crippen LogP contribution in [-0.2, 0) is 14.8 Å². The molecular formula is C27H24N2O4S. The molecule has 0 aliphatic carbocycles. The Labute approximate surface area is 198 Å². The minimum absolute atomic E-state index is 0.0934. The van der Waals surface area contributed by atoms with Gasteiger partial charge in [0.1, 0.15) is 0 Å². The fourth-order valence-electron chi connectivity index (χ4n) is 3.81. The van der Waals surface area contributed by atoms with Crippen LogP contribution < -0.4 is 4.31 Å². The van der Waals surface area contributed by atoms with Crippen LogP contribution in [0.25, 0.3) is 22.0 Å². The average Bonchev–Trinajstić information content (AvgIpc) is 2.82. The number of amides is 1. The topological polar surface area (TPSA) is 84.4 Å². The van der Waals surface area contributed by atoms with Crippen LogP contribution in [0.3, 0.4) is 0 Å². The molecule has 1 heterocycles. The summed E-state index contributed by atoms with van der Waals surface area (Å²) in [5, 5.41) is 0.721. The van der Waals surface area contributed by atoms with E-state index in [1.807, 2.05) is 61.5 Å². The molecule has 0 aliphatic heterocycles. The minimum atomic E-state index is -3.89. The summed E-state index contributed by atoms with van der Waals surface area (Å²) < 4.78 is 25.7. The predicted molar refractivity (Wildman–Crippen MR) is 134 cm³/mol. The third-order valence-electron chi connectivity index (χ3n) is 5.48. The fraction of sp³-hybridized carbons (Fsp3) is 0.148. The van der Waals surface area contributed by atoms with Crippen molar-refractivity contribution in [3.8, 4) is 11.1 Å².